The lowest BCUT2D eigenvalue weighted by molar-refractivity contribution is 0.151. The van der Waals surface area contributed by atoms with Gasteiger partial charge < -0.3 is 0 Å². The zero-order valence-electron chi connectivity index (χ0n) is 8.13. The molecule has 0 radical (unpaired) electrons. The molecule has 0 spiro atoms. The Morgan fingerprint density at radius 3 is 1.45 bits per heavy atom. The summed E-state index contributed by atoms with van der Waals surface area (Å²) >= 11 is 0. The van der Waals surface area contributed by atoms with Gasteiger partial charge in [0.25, 0.3) is 0 Å². The third kappa shape index (κ3) is 2.90. The minimum atomic E-state index is 0.0231. The van der Waals surface area contributed by atoms with Crippen LogP contribution in [-0.4, -0.2) is 23.0 Å². The Balaban J connectivity index is 4.24. The Hall–Kier alpha value is -0.550. The molecule has 0 aromatic rings. The van der Waals surface area contributed by atoms with E-state index in [4.69, 9.17) is 5.26 Å². The Labute approximate surface area is 69.8 Å². The van der Waals surface area contributed by atoms with Gasteiger partial charge in [0.2, 0.25) is 0 Å². The highest BCUT2D eigenvalue weighted by Crippen LogP contribution is 2.09. The normalized spacial score (nSPS) is 14.1. The highest BCUT2D eigenvalue weighted by Gasteiger charge is 2.18. The monoisotopic (exact) mass is 154 g/mol. The predicted molar refractivity (Wildman–Crippen MR) is 47.2 cm³/mol. The summed E-state index contributed by atoms with van der Waals surface area (Å²) in [7, 11) is 0. The molecule has 2 nitrogen and oxygen atoms in total. The highest BCUT2D eigenvalue weighted by atomic mass is 15.2. The second kappa shape index (κ2) is 4.35. The lowest BCUT2D eigenvalue weighted by Crippen LogP contribution is -2.42. The van der Waals surface area contributed by atoms with Crippen molar-refractivity contribution in [3.05, 3.63) is 0 Å². The molecule has 0 aliphatic heterocycles. The molecule has 0 heterocycles. The molecule has 11 heavy (non-hydrogen) atoms. The van der Waals surface area contributed by atoms with Crippen LogP contribution in [0.5, 0.6) is 0 Å². The van der Waals surface area contributed by atoms with E-state index < -0.39 is 0 Å². The summed E-state index contributed by atoms with van der Waals surface area (Å²) in [5.74, 6) is 0. The fourth-order valence-corrected chi connectivity index (χ4v) is 1.56. The molecule has 64 valence electrons. The Kier molecular flexibility index (Phi) is 4.14. The second-order valence-corrected chi connectivity index (χ2v) is 3.44. The molecule has 0 saturated carbocycles. The predicted octanol–water partition coefficient (Wildman–Crippen LogP) is 2.02. The SMILES string of the molecule is CC(C)N(C(C)C)C(C)C#N. The molecule has 0 aliphatic carbocycles. The molecular weight excluding hydrogens is 136 g/mol. The van der Waals surface area contributed by atoms with E-state index in [1.165, 1.54) is 0 Å². The van der Waals surface area contributed by atoms with Crippen LogP contribution in [0.15, 0.2) is 0 Å². The minimum Gasteiger partial charge on any atom is -0.283 e. The molecular formula is C9H18N2. The van der Waals surface area contributed by atoms with Gasteiger partial charge in [-0.05, 0) is 34.6 Å². The van der Waals surface area contributed by atoms with Crippen LogP contribution in [0.4, 0.5) is 0 Å². The van der Waals surface area contributed by atoms with Gasteiger partial charge in [0.15, 0.2) is 0 Å². The standard InChI is InChI=1S/C9H18N2/c1-7(2)11(8(3)4)9(5)6-10/h7-9H,1-5H3. The molecule has 0 rings (SSSR count). The molecule has 0 bridgehead atoms. The molecule has 1 atom stereocenters. The fourth-order valence-electron chi connectivity index (χ4n) is 1.56. The van der Waals surface area contributed by atoms with Gasteiger partial charge in [-0.3, -0.25) is 4.90 Å². The smallest absolute Gasteiger partial charge is 0.0953 e. The first-order valence-corrected chi connectivity index (χ1v) is 4.17. The summed E-state index contributed by atoms with van der Waals surface area (Å²) in [5.41, 5.74) is 0. The van der Waals surface area contributed by atoms with E-state index in [1.807, 2.05) is 6.92 Å². The van der Waals surface area contributed by atoms with E-state index in [0.717, 1.165) is 0 Å². The van der Waals surface area contributed by atoms with Crippen LogP contribution in [0.25, 0.3) is 0 Å². The van der Waals surface area contributed by atoms with Crippen LogP contribution in [-0.2, 0) is 0 Å². The number of rotatable bonds is 3. The van der Waals surface area contributed by atoms with Gasteiger partial charge in [0, 0.05) is 12.1 Å². The van der Waals surface area contributed by atoms with Gasteiger partial charge >= 0.3 is 0 Å². The van der Waals surface area contributed by atoms with E-state index in [2.05, 4.69) is 38.7 Å². The van der Waals surface area contributed by atoms with Gasteiger partial charge in [-0.15, -0.1) is 0 Å². The summed E-state index contributed by atoms with van der Waals surface area (Å²) < 4.78 is 0. The van der Waals surface area contributed by atoms with Crippen molar-refractivity contribution in [3.8, 4) is 6.07 Å². The maximum Gasteiger partial charge on any atom is 0.0953 e. The van der Waals surface area contributed by atoms with E-state index in [9.17, 15) is 0 Å². The quantitative estimate of drug-likeness (QED) is 0.622. The molecule has 1 unspecified atom stereocenters. The molecule has 0 saturated heterocycles. The summed E-state index contributed by atoms with van der Waals surface area (Å²) in [6, 6.07) is 3.17. The highest BCUT2D eigenvalue weighted by molar-refractivity contribution is 4.90. The van der Waals surface area contributed by atoms with Crippen molar-refractivity contribution in [3.63, 3.8) is 0 Å². The Morgan fingerprint density at radius 2 is 1.36 bits per heavy atom. The van der Waals surface area contributed by atoms with Crippen LogP contribution in [0.3, 0.4) is 0 Å². The maximum absolute atomic E-state index is 8.71. The molecule has 0 fully saturated rings. The minimum absolute atomic E-state index is 0.0231. The molecule has 0 N–H and O–H groups in total. The molecule has 0 amide bonds. The fraction of sp³-hybridized carbons (Fsp3) is 0.889. The average Bonchev–Trinajstić information content (AvgIpc) is 1.85. The largest absolute Gasteiger partial charge is 0.283 e. The summed E-state index contributed by atoms with van der Waals surface area (Å²) in [6.07, 6.45) is 0. The number of nitriles is 1. The van der Waals surface area contributed by atoms with Gasteiger partial charge in [-0.25, -0.2) is 0 Å². The zero-order chi connectivity index (χ0) is 9.02. The van der Waals surface area contributed by atoms with Crippen LogP contribution < -0.4 is 0 Å². The third-order valence-electron chi connectivity index (χ3n) is 1.83. The van der Waals surface area contributed by atoms with E-state index in [1.54, 1.807) is 0 Å². The van der Waals surface area contributed by atoms with Gasteiger partial charge in [-0.1, -0.05) is 0 Å². The van der Waals surface area contributed by atoms with Crippen molar-refractivity contribution in [1.29, 1.82) is 5.26 Å². The van der Waals surface area contributed by atoms with E-state index in [0.29, 0.717) is 12.1 Å². The van der Waals surface area contributed by atoms with Crippen molar-refractivity contribution in [2.75, 3.05) is 0 Å². The van der Waals surface area contributed by atoms with Crippen molar-refractivity contribution >= 4 is 0 Å². The first-order chi connectivity index (χ1) is 5.00. The third-order valence-corrected chi connectivity index (χ3v) is 1.83. The van der Waals surface area contributed by atoms with Gasteiger partial charge in [-0.2, -0.15) is 5.26 Å². The van der Waals surface area contributed by atoms with E-state index >= 15 is 0 Å². The van der Waals surface area contributed by atoms with Crippen LogP contribution in [0.2, 0.25) is 0 Å². The van der Waals surface area contributed by atoms with Crippen LogP contribution in [0, 0.1) is 11.3 Å². The van der Waals surface area contributed by atoms with E-state index in [-0.39, 0.29) is 6.04 Å². The number of hydrogen-bond donors (Lipinski definition) is 0. The lowest BCUT2D eigenvalue weighted by Gasteiger charge is -2.32. The molecule has 0 aliphatic rings. The zero-order valence-corrected chi connectivity index (χ0v) is 8.13. The van der Waals surface area contributed by atoms with Crippen LogP contribution >= 0.6 is 0 Å². The Morgan fingerprint density at radius 1 is 1.00 bits per heavy atom. The van der Waals surface area contributed by atoms with Gasteiger partial charge in [0.1, 0.15) is 0 Å². The van der Waals surface area contributed by atoms with Gasteiger partial charge in [0.05, 0.1) is 12.1 Å². The number of nitrogens with zero attached hydrogens (tertiary/aromatic N) is 2. The maximum atomic E-state index is 8.71. The average molecular weight is 154 g/mol. The first kappa shape index (κ1) is 10.4. The van der Waals surface area contributed by atoms with Crippen molar-refractivity contribution in [2.45, 2.75) is 52.7 Å². The van der Waals surface area contributed by atoms with Crippen molar-refractivity contribution in [2.24, 2.45) is 0 Å². The topological polar surface area (TPSA) is 27.0 Å². The first-order valence-electron chi connectivity index (χ1n) is 4.17. The Bertz CT molecular complexity index is 136. The lowest BCUT2D eigenvalue weighted by atomic mass is 10.2. The van der Waals surface area contributed by atoms with Crippen molar-refractivity contribution < 1.29 is 0 Å². The van der Waals surface area contributed by atoms with Crippen LogP contribution in [0.1, 0.15) is 34.6 Å². The molecule has 0 aromatic carbocycles. The molecule has 2 heteroatoms. The number of hydrogen-bond acceptors (Lipinski definition) is 2. The summed E-state index contributed by atoms with van der Waals surface area (Å²) in [5, 5.41) is 8.71. The molecule has 0 aromatic heterocycles. The second-order valence-electron chi connectivity index (χ2n) is 3.44. The summed E-state index contributed by atoms with van der Waals surface area (Å²) in [4.78, 5) is 2.19. The summed E-state index contributed by atoms with van der Waals surface area (Å²) in [6.45, 7) is 10.4. The van der Waals surface area contributed by atoms with Crippen molar-refractivity contribution in [1.82, 2.24) is 4.90 Å².